The van der Waals surface area contributed by atoms with E-state index in [4.69, 9.17) is 0 Å². The van der Waals surface area contributed by atoms with Gasteiger partial charge in [-0.05, 0) is 66.4 Å². The first kappa shape index (κ1) is 17.0. The molecule has 1 aliphatic carbocycles. The number of nitrogens with zero attached hydrogens (tertiary/aromatic N) is 2. The maximum absolute atomic E-state index is 4.55. The van der Waals surface area contributed by atoms with Crippen LogP contribution in [0.1, 0.15) is 51.4 Å². The van der Waals surface area contributed by atoms with Gasteiger partial charge in [-0.25, -0.2) is 0 Å². The minimum absolute atomic E-state index is 0.579. The van der Waals surface area contributed by atoms with Crippen LogP contribution in [0.15, 0.2) is 4.47 Å². The van der Waals surface area contributed by atoms with Crippen molar-refractivity contribution in [3.05, 3.63) is 15.9 Å². The maximum atomic E-state index is 4.55. The Kier molecular flexibility index (Phi) is 5.89. The third-order valence-corrected chi connectivity index (χ3v) is 5.94. The Labute approximate surface area is 138 Å². The van der Waals surface area contributed by atoms with Gasteiger partial charge in [0.15, 0.2) is 0 Å². The summed E-state index contributed by atoms with van der Waals surface area (Å²) < 4.78 is 3.27. The molecule has 1 heterocycles. The zero-order valence-corrected chi connectivity index (χ0v) is 15.7. The number of hydrogen-bond donors (Lipinski definition) is 1. The van der Waals surface area contributed by atoms with Crippen LogP contribution in [0.3, 0.4) is 0 Å². The van der Waals surface area contributed by atoms with E-state index < -0.39 is 0 Å². The first-order chi connectivity index (χ1) is 9.88. The van der Waals surface area contributed by atoms with E-state index in [1.807, 2.05) is 0 Å². The minimum atomic E-state index is 0.579. The molecule has 3 atom stereocenters. The lowest BCUT2D eigenvalue weighted by atomic mass is 9.72. The van der Waals surface area contributed by atoms with Gasteiger partial charge in [-0.2, -0.15) is 5.10 Å². The van der Waals surface area contributed by atoms with Crippen LogP contribution in [0.5, 0.6) is 0 Å². The smallest absolute Gasteiger partial charge is 0.0738 e. The third-order valence-electron chi connectivity index (χ3n) is 4.91. The van der Waals surface area contributed by atoms with Crippen molar-refractivity contribution in [3.8, 4) is 0 Å². The summed E-state index contributed by atoms with van der Waals surface area (Å²) in [7, 11) is 2.07. The van der Waals surface area contributed by atoms with E-state index in [-0.39, 0.29) is 0 Å². The molecule has 1 aromatic heterocycles. The summed E-state index contributed by atoms with van der Waals surface area (Å²) in [6.45, 7) is 10.1. The van der Waals surface area contributed by atoms with Crippen LogP contribution in [0, 0.1) is 24.7 Å². The number of aromatic nitrogens is 2. The summed E-state index contributed by atoms with van der Waals surface area (Å²) in [5.74, 6) is 2.43. The summed E-state index contributed by atoms with van der Waals surface area (Å²) in [4.78, 5) is 0. The molecule has 0 bridgehead atoms. The van der Waals surface area contributed by atoms with Crippen LogP contribution in [-0.4, -0.2) is 22.4 Å². The summed E-state index contributed by atoms with van der Waals surface area (Å²) in [5.41, 5.74) is 2.47. The van der Waals surface area contributed by atoms with Crippen LogP contribution in [0.2, 0.25) is 0 Å². The second-order valence-electron chi connectivity index (χ2n) is 7.18. The normalized spacial score (nSPS) is 26.5. The third kappa shape index (κ3) is 4.32. The van der Waals surface area contributed by atoms with Crippen molar-refractivity contribution in [2.75, 3.05) is 6.54 Å². The van der Waals surface area contributed by atoms with Crippen LogP contribution in [0.25, 0.3) is 0 Å². The molecule has 1 saturated carbocycles. The van der Waals surface area contributed by atoms with Crippen molar-refractivity contribution in [3.63, 3.8) is 0 Å². The van der Waals surface area contributed by atoms with Gasteiger partial charge in [0, 0.05) is 13.1 Å². The molecule has 0 saturated heterocycles. The predicted octanol–water partition coefficient (Wildman–Crippen LogP) is 4.08. The molecule has 0 radical (unpaired) electrons. The van der Waals surface area contributed by atoms with E-state index in [2.05, 4.69) is 65.8 Å². The topological polar surface area (TPSA) is 29.9 Å². The van der Waals surface area contributed by atoms with Gasteiger partial charge in [0.25, 0.3) is 0 Å². The Bertz CT molecular complexity index is 467. The lowest BCUT2D eigenvalue weighted by Crippen LogP contribution is -2.36. The van der Waals surface area contributed by atoms with E-state index in [1.165, 1.54) is 29.4 Å². The Morgan fingerprint density at radius 3 is 2.62 bits per heavy atom. The molecule has 1 aromatic rings. The molecule has 21 heavy (non-hydrogen) atoms. The number of hydrogen-bond acceptors (Lipinski definition) is 2. The molecular weight excluding hydrogens is 326 g/mol. The van der Waals surface area contributed by atoms with Crippen molar-refractivity contribution < 1.29 is 0 Å². The highest BCUT2D eigenvalue weighted by Gasteiger charge is 2.30. The van der Waals surface area contributed by atoms with Gasteiger partial charge < -0.3 is 5.32 Å². The summed E-state index contributed by atoms with van der Waals surface area (Å²) in [5, 5.41) is 8.19. The van der Waals surface area contributed by atoms with Gasteiger partial charge >= 0.3 is 0 Å². The Morgan fingerprint density at radius 2 is 2.05 bits per heavy atom. The van der Waals surface area contributed by atoms with Gasteiger partial charge in [-0.3, -0.25) is 4.68 Å². The molecule has 3 unspecified atom stereocenters. The van der Waals surface area contributed by atoms with Gasteiger partial charge in [-0.1, -0.05) is 27.2 Å². The van der Waals surface area contributed by atoms with Crippen LogP contribution in [-0.2, 0) is 13.5 Å². The highest BCUT2D eigenvalue weighted by Crippen LogP contribution is 2.37. The van der Waals surface area contributed by atoms with Gasteiger partial charge in [-0.15, -0.1) is 0 Å². The van der Waals surface area contributed by atoms with Gasteiger partial charge in [0.1, 0.15) is 0 Å². The van der Waals surface area contributed by atoms with Crippen molar-refractivity contribution in [2.24, 2.45) is 24.8 Å². The summed E-state index contributed by atoms with van der Waals surface area (Å²) in [6.07, 6.45) is 5.24. The lowest BCUT2D eigenvalue weighted by molar-refractivity contribution is 0.179. The number of aryl methyl sites for hydroxylation is 2. The Balaban J connectivity index is 2.09. The molecule has 120 valence electrons. The molecule has 4 heteroatoms. The van der Waals surface area contributed by atoms with Crippen molar-refractivity contribution in [2.45, 2.75) is 59.4 Å². The first-order valence-corrected chi connectivity index (χ1v) is 9.09. The number of rotatable bonds is 5. The number of nitrogens with one attached hydrogen (secondary N) is 1. The fourth-order valence-electron chi connectivity index (χ4n) is 3.62. The SMILES string of the molecule is Cc1nn(C)c(CC2CC(C)CCC2CNC(C)C)c1Br. The standard InChI is InChI=1S/C17H30BrN3/c1-11(2)19-10-14-7-6-12(3)8-15(14)9-16-17(18)13(4)20-21(16)5/h11-12,14-15,19H,6-10H2,1-5H3. The first-order valence-electron chi connectivity index (χ1n) is 8.29. The molecule has 3 nitrogen and oxygen atoms in total. The van der Waals surface area contributed by atoms with Crippen molar-refractivity contribution in [1.82, 2.24) is 15.1 Å². The lowest BCUT2D eigenvalue weighted by Gasteiger charge is -2.35. The number of halogens is 1. The van der Waals surface area contributed by atoms with Crippen molar-refractivity contribution in [1.29, 1.82) is 0 Å². The van der Waals surface area contributed by atoms with Crippen LogP contribution in [0.4, 0.5) is 0 Å². The van der Waals surface area contributed by atoms with Crippen LogP contribution < -0.4 is 5.32 Å². The van der Waals surface area contributed by atoms with E-state index in [1.54, 1.807) is 0 Å². The molecule has 0 amide bonds. The maximum Gasteiger partial charge on any atom is 0.0738 e. The average molecular weight is 356 g/mol. The van der Waals surface area contributed by atoms with E-state index in [0.717, 1.165) is 36.4 Å². The Morgan fingerprint density at radius 1 is 1.33 bits per heavy atom. The molecule has 1 aliphatic rings. The molecule has 0 spiro atoms. The fraction of sp³-hybridized carbons (Fsp3) is 0.824. The second-order valence-corrected chi connectivity index (χ2v) is 7.97. The van der Waals surface area contributed by atoms with E-state index in [9.17, 15) is 0 Å². The van der Waals surface area contributed by atoms with Crippen molar-refractivity contribution >= 4 is 15.9 Å². The van der Waals surface area contributed by atoms with Crippen LogP contribution >= 0.6 is 15.9 Å². The minimum Gasteiger partial charge on any atom is -0.314 e. The molecular formula is C17H30BrN3. The second kappa shape index (κ2) is 7.28. The summed E-state index contributed by atoms with van der Waals surface area (Å²) >= 11 is 3.73. The quantitative estimate of drug-likeness (QED) is 0.861. The predicted molar refractivity (Wildman–Crippen MR) is 92.5 cm³/mol. The average Bonchev–Trinajstić information content (AvgIpc) is 2.64. The van der Waals surface area contributed by atoms with E-state index >= 15 is 0 Å². The summed E-state index contributed by atoms with van der Waals surface area (Å²) in [6, 6.07) is 0.579. The molecule has 1 fully saturated rings. The van der Waals surface area contributed by atoms with E-state index in [0.29, 0.717) is 6.04 Å². The zero-order valence-electron chi connectivity index (χ0n) is 14.1. The molecule has 1 N–H and O–H groups in total. The molecule has 0 aliphatic heterocycles. The highest BCUT2D eigenvalue weighted by molar-refractivity contribution is 9.10. The molecule has 2 rings (SSSR count). The van der Waals surface area contributed by atoms with Gasteiger partial charge in [0.2, 0.25) is 0 Å². The zero-order chi connectivity index (χ0) is 15.6. The largest absolute Gasteiger partial charge is 0.314 e. The van der Waals surface area contributed by atoms with Gasteiger partial charge in [0.05, 0.1) is 15.9 Å². The molecule has 0 aromatic carbocycles. The Hall–Kier alpha value is -0.350. The fourth-order valence-corrected chi connectivity index (χ4v) is 4.12. The highest BCUT2D eigenvalue weighted by atomic mass is 79.9. The monoisotopic (exact) mass is 355 g/mol.